The molecule has 4 heteroatoms. The zero-order valence-electron chi connectivity index (χ0n) is 8.61. The molecule has 4 nitrogen and oxygen atoms in total. The van der Waals surface area contributed by atoms with E-state index in [1.807, 2.05) is 6.07 Å². The summed E-state index contributed by atoms with van der Waals surface area (Å²) in [4.78, 5) is 8.02. The van der Waals surface area contributed by atoms with E-state index in [1.165, 1.54) is 31.9 Å². The highest BCUT2D eigenvalue weighted by molar-refractivity contribution is 5.32. The molecule has 1 aliphatic carbocycles. The summed E-state index contributed by atoms with van der Waals surface area (Å²) in [5.74, 6) is 1.74. The Kier molecular flexibility index (Phi) is 3.13. The molecular formula is C11H14N4. The Morgan fingerprint density at radius 2 is 2.27 bits per heavy atom. The van der Waals surface area contributed by atoms with Crippen molar-refractivity contribution in [2.24, 2.45) is 5.92 Å². The van der Waals surface area contributed by atoms with Crippen LogP contribution in [-0.4, -0.2) is 16.5 Å². The van der Waals surface area contributed by atoms with Gasteiger partial charge in [-0.25, -0.2) is 9.97 Å². The van der Waals surface area contributed by atoms with E-state index in [4.69, 9.17) is 5.26 Å². The molecule has 0 spiro atoms. The third kappa shape index (κ3) is 3.21. The topological polar surface area (TPSA) is 61.6 Å². The van der Waals surface area contributed by atoms with Crippen LogP contribution in [0.1, 0.15) is 31.4 Å². The maximum atomic E-state index is 8.54. The fourth-order valence-electron chi connectivity index (χ4n) is 1.49. The zero-order chi connectivity index (χ0) is 10.5. The van der Waals surface area contributed by atoms with Gasteiger partial charge in [-0.05, 0) is 18.8 Å². The van der Waals surface area contributed by atoms with Crippen molar-refractivity contribution < 1.29 is 0 Å². The van der Waals surface area contributed by atoms with Crippen molar-refractivity contribution in [1.29, 1.82) is 5.26 Å². The minimum absolute atomic E-state index is 0.360. The highest BCUT2D eigenvalue weighted by Gasteiger charge is 2.19. The van der Waals surface area contributed by atoms with Gasteiger partial charge in [0, 0.05) is 6.54 Å². The molecule has 1 aliphatic rings. The standard InChI is InChI=1S/C11H14N4/c12-6-10-7-15-11(8-14-10)13-5-1-2-9-3-4-9/h7-9H,1-5H2,(H,13,15). The van der Waals surface area contributed by atoms with Crippen LogP contribution in [0.15, 0.2) is 12.4 Å². The first-order valence-electron chi connectivity index (χ1n) is 5.34. The van der Waals surface area contributed by atoms with Crippen molar-refractivity contribution in [3.63, 3.8) is 0 Å². The lowest BCUT2D eigenvalue weighted by molar-refractivity contribution is 0.686. The van der Waals surface area contributed by atoms with Gasteiger partial charge in [-0.2, -0.15) is 5.26 Å². The molecule has 15 heavy (non-hydrogen) atoms. The van der Waals surface area contributed by atoms with Gasteiger partial charge < -0.3 is 5.32 Å². The van der Waals surface area contributed by atoms with E-state index < -0.39 is 0 Å². The summed E-state index contributed by atoms with van der Waals surface area (Å²) in [6, 6.07) is 1.94. The SMILES string of the molecule is N#Cc1cnc(NCCCC2CC2)cn1. The maximum Gasteiger partial charge on any atom is 0.158 e. The largest absolute Gasteiger partial charge is 0.369 e. The molecule has 0 saturated heterocycles. The molecule has 0 aliphatic heterocycles. The smallest absolute Gasteiger partial charge is 0.158 e. The average Bonchev–Trinajstić information content (AvgIpc) is 3.09. The molecule has 1 heterocycles. The minimum Gasteiger partial charge on any atom is -0.369 e. The van der Waals surface area contributed by atoms with E-state index in [0.29, 0.717) is 5.69 Å². The summed E-state index contributed by atoms with van der Waals surface area (Å²) in [7, 11) is 0. The predicted octanol–water partition coefficient (Wildman–Crippen LogP) is 1.95. The van der Waals surface area contributed by atoms with Crippen LogP contribution in [0.3, 0.4) is 0 Å². The van der Waals surface area contributed by atoms with E-state index in [1.54, 1.807) is 6.20 Å². The number of nitrogens with zero attached hydrogens (tertiary/aromatic N) is 3. The van der Waals surface area contributed by atoms with Crippen LogP contribution in [0.5, 0.6) is 0 Å². The van der Waals surface area contributed by atoms with Crippen LogP contribution in [-0.2, 0) is 0 Å². The Labute approximate surface area is 89.4 Å². The van der Waals surface area contributed by atoms with E-state index in [-0.39, 0.29) is 0 Å². The van der Waals surface area contributed by atoms with Crippen LogP contribution >= 0.6 is 0 Å². The summed E-state index contributed by atoms with van der Waals surface area (Å²) in [6.45, 7) is 0.942. The minimum atomic E-state index is 0.360. The first-order chi connectivity index (χ1) is 7.38. The molecule has 1 aromatic rings. The number of hydrogen-bond acceptors (Lipinski definition) is 4. The van der Waals surface area contributed by atoms with Crippen LogP contribution in [0.4, 0.5) is 5.82 Å². The fourth-order valence-corrected chi connectivity index (χ4v) is 1.49. The second-order valence-electron chi connectivity index (χ2n) is 3.91. The van der Waals surface area contributed by atoms with Gasteiger partial charge >= 0.3 is 0 Å². The predicted molar refractivity (Wildman–Crippen MR) is 57.2 cm³/mol. The van der Waals surface area contributed by atoms with Gasteiger partial charge in [0.2, 0.25) is 0 Å². The van der Waals surface area contributed by atoms with E-state index in [2.05, 4.69) is 15.3 Å². The van der Waals surface area contributed by atoms with Gasteiger partial charge in [-0.3, -0.25) is 0 Å². The molecule has 0 radical (unpaired) electrons. The van der Waals surface area contributed by atoms with E-state index in [0.717, 1.165) is 18.3 Å². The van der Waals surface area contributed by atoms with Crippen molar-refractivity contribution in [2.75, 3.05) is 11.9 Å². The number of nitrogens with one attached hydrogen (secondary N) is 1. The van der Waals surface area contributed by atoms with E-state index in [9.17, 15) is 0 Å². The second kappa shape index (κ2) is 4.74. The molecule has 0 aromatic carbocycles. The summed E-state index contributed by atoms with van der Waals surface area (Å²) in [6.07, 6.45) is 8.43. The molecule has 0 atom stereocenters. The Bertz CT molecular complexity index is 348. The second-order valence-corrected chi connectivity index (χ2v) is 3.91. The lowest BCUT2D eigenvalue weighted by Gasteiger charge is -2.03. The summed E-state index contributed by atoms with van der Waals surface area (Å²) in [5.41, 5.74) is 0.360. The Balaban J connectivity index is 1.70. The van der Waals surface area contributed by atoms with Crippen molar-refractivity contribution in [3.05, 3.63) is 18.1 Å². The molecule has 0 unspecified atom stereocenters. The molecule has 1 aromatic heterocycles. The number of hydrogen-bond donors (Lipinski definition) is 1. The summed E-state index contributed by atoms with van der Waals surface area (Å²) in [5, 5.41) is 11.7. The molecule has 78 valence electrons. The quantitative estimate of drug-likeness (QED) is 0.741. The molecule has 1 fully saturated rings. The van der Waals surface area contributed by atoms with Crippen molar-refractivity contribution >= 4 is 5.82 Å². The van der Waals surface area contributed by atoms with Crippen LogP contribution in [0.25, 0.3) is 0 Å². The van der Waals surface area contributed by atoms with Gasteiger partial charge in [0.05, 0.1) is 12.4 Å². The van der Waals surface area contributed by atoms with Crippen LogP contribution in [0.2, 0.25) is 0 Å². The van der Waals surface area contributed by atoms with Gasteiger partial charge in [0.25, 0.3) is 0 Å². The highest BCUT2D eigenvalue weighted by Crippen LogP contribution is 2.33. The van der Waals surface area contributed by atoms with E-state index >= 15 is 0 Å². The third-order valence-corrected chi connectivity index (χ3v) is 2.56. The molecule has 1 N–H and O–H groups in total. The molecule has 1 saturated carbocycles. The zero-order valence-corrected chi connectivity index (χ0v) is 8.61. The van der Waals surface area contributed by atoms with Gasteiger partial charge in [-0.1, -0.05) is 12.8 Å². The first kappa shape index (κ1) is 9.91. The summed E-state index contributed by atoms with van der Waals surface area (Å²) < 4.78 is 0. The first-order valence-corrected chi connectivity index (χ1v) is 5.34. The number of aromatic nitrogens is 2. The maximum absolute atomic E-state index is 8.54. The number of anilines is 1. The van der Waals surface area contributed by atoms with Gasteiger partial charge in [0.1, 0.15) is 11.9 Å². The molecule has 0 amide bonds. The molecule has 0 bridgehead atoms. The van der Waals surface area contributed by atoms with Gasteiger partial charge in [0.15, 0.2) is 5.69 Å². The Hall–Kier alpha value is -1.63. The van der Waals surface area contributed by atoms with Crippen molar-refractivity contribution in [1.82, 2.24) is 9.97 Å². The Morgan fingerprint density at radius 1 is 1.40 bits per heavy atom. The van der Waals surface area contributed by atoms with Crippen LogP contribution < -0.4 is 5.32 Å². The fraction of sp³-hybridized carbons (Fsp3) is 0.545. The van der Waals surface area contributed by atoms with Crippen molar-refractivity contribution in [2.45, 2.75) is 25.7 Å². The molecular weight excluding hydrogens is 188 g/mol. The van der Waals surface area contributed by atoms with Crippen molar-refractivity contribution in [3.8, 4) is 6.07 Å². The number of rotatable bonds is 5. The highest BCUT2D eigenvalue weighted by atomic mass is 15.0. The van der Waals surface area contributed by atoms with Crippen LogP contribution in [0, 0.1) is 17.2 Å². The third-order valence-electron chi connectivity index (χ3n) is 2.56. The lowest BCUT2D eigenvalue weighted by atomic mass is 10.2. The monoisotopic (exact) mass is 202 g/mol. The van der Waals surface area contributed by atoms with Gasteiger partial charge in [-0.15, -0.1) is 0 Å². The average molecular weight is 202 g/mol. The Morgan fingerprint density at radius 3 is 2.87 bits per heavy atom. The lowest BCUT2D eigenvalue weighted by Crippen LogP contribution is -2.04. The molecule has 2 rings (SSSR count). The normalized spacial score (nSPS) is 14.6. The number of nitriles is 1. The summed E-state index contributed by atoms with van der Waals surface area (Å²) >= 11 is 0.